The molecule has 0 radical (unpaired) electrons. The third-order valence-electron chi connectivity index (χ3n) is 5.25. The van der Waals surface area contributed by atoms with Crippen LogP contribution in [-0.2, 0) is 23.3 Å². The van der Waals surface area contributed by atoms with Gasteiger partial charge in [-0.3, -0.25) is 9.69 Å². The Balaban J connectivity index is 1.49. The van der Waals surface area contributed by atoms with Gasteiger partial charge in [0.15, 0.2) is 0 Å². The van der Waals surface area contributed by atoms with Crippen molar-refractivity contribution >= 4 is 5.91 Å². The lowest BCUT2D eigenvalue weighted by Gasteiger charge is -2.45. The summed E-state index contributed by atoms with van der Waals surface area (Å²) in [6.45, 7) is 2.87. The Labute approximate surface area is 151 Å². The predicted octanol–water partition coefficient (Wildman–Crippen LogP) is 1.24. The molecular formula is C18H22N4O4. The van der Waals surface area contributed by atoms with E-state index in [-0.39, 0.29) is 11.4 Å². The number of primary amides is 1. The van der Waals surface area contributed by atoms with Crippen LogP contribution in [0.3, 0.4) is 0 Å². The SMILES string of the molecule is COc1cccc2c1C1(CCN(Cc3nc(C(N)=O)no3)CC1)OCC2. The highest BCUT2D eigenvalue weighted by molar-refractivity contribution is 5.88. The van der Waals surface area contributed by atoms with Gasteiger partial charge in [-0.05, 0) is 30.9 Å². The topological polar surface area (TPSA) is 104 Å². The van der Waals surface area contributed by atoms with Crippen LogP contribution in [0, 0.1) is 0 Å². The van der Waals surface area contributed by atoms with Crippen molar-refractivity contribution in [3.05, 3.63) is 41.0 Å². The van der Waals surface area contributed by atoms with Gasteiger partial charge >= 0.3 is 0 Å². The molecule has 1 saturated heterocycles. The van der Waals surface area contributed by atoms with Gasteiger partial charge in [0.05, 0.1) is 25.9 Å². The van der Waals surface area contributed by atoms with E-state index in [2.05, 4.69) is 21.1 Å². The van der Waals surface area contributed by atoms with E-state index >= 15 is 0 Å². The number of rotatable bonds is 4. The zero-order chi connectivity index (χ0) is 18.1. The first-order valence-electron chi connectivity index (χ1n) is 8.76. The Hall–Kier alpha value is -2.45. The predicted molar refractivity (Wildman–Crippen MR) is 91.7 cm³/mol. The van der Waals surface area contributed by atoms with Gasteiger partial charge < -0.3 is 19.7 Å². The van der Waals surface area contributed by atoms with Gasteiger partial charge in [-0.2, -0.15) is 4.98 Å². The van der Waals surface area contributed by atoms with E-state index in [4.69, 9.17) is 19.7 Å². The summed E-state index contributed by atoms with van der Waals surface area (Å²) in [7, 11) is 1.71. The van der Waals surface area contributed by atoms with Crippen molar-refractivity contribution in [1.29, 1.82) is 0 Å². The molecule has 1 aromatic heterocycles. The first kappa shape index (κ1) is 17.0. The summed E-state index contributed by atoms with van der Waals surface area (Å²) < 4.78 is 17.0. The van der Waals surface area contributed by atoms with Crippen molar-refractivity contribution in [2.75, 3.05) is 26.8 Å². The fraction of sp³-hybridized carbons (Fsp3) is 0.500. The van der Waals surface area contributed by atoms with Gasteiger partial charge in [0.25, 0.3) is 11.7 Å². The molecular weight excluding hydrogens is 336 g/mol. The maximum absolute atomic E-state index is 11.1. The highest BCUT2D eigenvalue weighted by Gasteiger charge is 2.43. The molecule has 1 spiro atoms. The number of ether oxygens (including phenoxy) is 2. The van der Waals surface area contributed by atoms with Gasteiger partial charge in [0, 0.05) is 18.7 Å². The van der Waals surface area contributed by atoms with Crippen LogP contribution in [0.2, 0.25) is 0 Å². The van der Waals surface area contributed by atoms with Gasteiger partial charge in [-0.1, -0.05) is 17.3 Å². The summed E-state index contributed by atoms with van der Waals surface area (Å²) in [6.07, 6.45) is 2.63. The van der Waals surface area contributed by atoms with Crippen molar-refractivity contribution in [2.24, 2.45) is 5.73 Å². The molecule has 0 saturated carbocycles. The number of aromatic nitrogens is 2. The summed E-state index contributed by atoms with van der Waals surface area (Å²) in [5, 5.41) is 3.59. The average Bonchev–Trinajstić information content (AvgIpc) is 3.12. The molecule has 8 nitrogen and oxygen atoms in total. The van der Waals surface area contributed by atoms with Crippen LogP contribution >= 0.6 is 0 Å². The number of benzene rings is 1. The maximum atomic E-state index is 11.1. The molecule has 138 valence electrons. The zero-order valence-corrected chi connectivity index (χ0v) is 14.7. The molecule has 26 heavy (non-hydrogen) atoms. The van der Waals surface area contributed by atoms with Gasteiger partial charge in [-0.25, -0.2) is 0 Å². The molecule has 0 atom stereocenters. The van der Waals surface area contributed by atoms with E-state index in [1.54, 1.807) is 7.11 Å². The lowest BCUT2D eigenvalue weighted by Crippen LogP contribution is -2.46. The molecule has 1 aromatic carbocycles. The van der Waals surface area contributed by atoms with Crippen molar-refractivity contribution < 1.29 is 18.8 Å². The standard InChI is InChI=1S/C18H22N4O4/c1-24-13-4-2-3-12-5-10-25-18(15(12)13)6-8-22(9-7-18)11-14-20-17(16(19)23)21-26-14/h2-4H,5-11H2,1H3,(H2,19,23). The second-order valence-corrected chi connectivity index (χ2v) is 6.74. The number of fused-ring (bicyclic) bond motifs is 2. The van der Waals surface area contributed by atoms with Crippen LogP contribution in [-0.4, -0.2) is 47.8 Å². The summed E-state index contributed by atoms with van der Waals surface area (Å²) in [5.41, 5.74) is 7.37. The largest absolute Gasteiger partial charge is 0.496 e. The molecule has 0 bridgehead atoms. The summed E-state index contributed by atoms with van der Waals surface area (Å²) >= 11 is 0. The van der Waals surface area contributed by atoms with E-state index in [9.17, 15) is 4.79 Å². The quantitative estimate of drug-likeness (QED) is 0.877. The highest BCUT2D eigenvalue weighted by Crippen LogP contribution is 2.45. The number of piperidine rings is 1. The first-order chi connectivity index (χ1) is 12.6. The maximum Gasteiger partial charge on any atom is 0.290 e. The van der Waals surface area contributed by atoms with E-state index in [0.717, 1.165) is 44.7 Å². The second kappa shape index (κ2) is 6.69. The number of likely N-dealkylation sites (tertiary alicyclic amines) is 1. The Kier molecular flexibility index (Phi) is 4.37. The number of nitrogens with two attached hydrogens (primary N) is 1. The summed E-state index contributed by atoms with van der Waals surface area (Å²) in [4.78, 5) is 17.3. The minimum Gasteiger partial charge on any atom is -0.496 e. The molecule has 2 N–H and O–H groups in total. The fourth-order valence-corrected chi connectivity index (χ4v) is 3.98. The molecule has 2 aromatic rings. The van der Waals surface area contributed by atoms with Gasteiger partial charge in [0.1, 0.15) is 5.75 Å². The van der Waals surface area contributed by atoms with Crippen LogP contribution in [0.4, 0.5) is 0 Å². The van der Waals surface area contributed by atoms with Crippen LogP contribution in [0.25, 0.3) is 0 Å². The Bertz CT molecular complexity index is 797. The van der Waals surface area contributed by atoms with Crippen LogP contribution < -0.4 is 10.5 Å². The first-order valence-corrected chi connectivity index (χ1v) is 8.76. The van der Waals surface area contributed by atoms with Gasteiger partial charge in [-0.15, -0.1) is 0 Å². The number of methoxy groups -OCH3 is 1. The second-order valence-electron chi connectivity index (χ2n) is 6.74. The Morgan fingerprint density at radius 1 is 1.38 bits per heavy atom. The van der Waals surface area contributed by atoms with Crippen LogP contribution in [0.1, 0.15) is 40.5 Å². The van der Waals surface area contributed by atoms with E-state index in [1.807, 2.05) is 12.1 Å². The molecule has 4 rings (SSSR count). The van der Waals surface area contributed by atoms with E-state index < -0.39 is 5.91 Å². The number of hydrogen-bond acceptors (Lipinski definition) is 7. The number of nitrogens with zero attached hydrogens (tertiary/aromatic N) is 3. The number of carbonyl (C=O) groups is 1. The molecule has 8 heteroatoms. The van der Waals surface area contributed by atoms with E-state index in [1.165, 1.54) is 11.1 Å². The molecule has 1 fully saturated rings. The van der Waals surface area contributed by atoms with E-state index in [0.29, 0.717) is 12.4 Å². The van der Waals surface area contributed by atoms with Crippen LogP contribution in [0.15, 0.2) is 22.7 Å². The molecule has 0 unspecified atom stereocenters. The normalized spacial score (nSPS) is 19.3. The molecule has 0 aliphatic carbocycles. The lowest BCUT2D eigenvalue weighted by molar-refractivity contribution is -0.101. The van der Waals surface area contributed by atoms with Crippen LogP contribution in [0.5, 0.6) is 5.75 Å². The molecule has 2 aliphatic heterocycles. The van der Waals surface area contributed by atoms with Crippen molar-refractivity contribution in [2.45, 2.75) is 31.4 Å². The fourth-order valence-electron chi connectivity index (χ4n) is 3.98. The Morgan fingerprint density at radius 3 is 2.88 bits per heavy atom. The number of carbonyl (C=O) groups excluding carboxylic acids is 1. The van der Waals surface area contributed by atoms with Crippen molar-refractivity contribution in [3.63, 3.8) is 0 Å². The summed E-state index contributed by atoms with van der Waals surface area (Å²) in [6, 6.07) is 6.21. The summed E-state index contributed by atoms with van der Waals surface area (Å²) in [5.74, 6) is 0.538. The third-order valence-corrected chi connectivity index (χ3v) is 5.25. The van der Waals surface area contributed by atoms with Gasteiger partial charge in [0.2, 0.25) is 5.89 Å². The number of amides is 1. The highest BCUT2D eigenvalue weighted by atomic mass is 16.5. The Morgan fingerprint density at radius 2 is 2.19 bits per heavy atom. The molecule has 3 heterocycles. The average molecular weight is 358 g/mol. The van der Waals surface area contributed by atoms with Crippen molar-refractivity contribution in [3.8, 4) is 5.75 Å². The zero-order valence-electron chi connectivity index (χ0n) is 14.7. The lowest BCUT2D eigenvalue weighted by atomic mass is 9.79. The monoisotopic (exact) mass is 358 g/mol. The smallest absolute Gasteiger partial charge is 0.290 e. The van der Waals surface area contributed by atoms with Crippen molar-refractivity contribution in [1.82, 2.24) is 15.0 Å². The molecule has 1 amide bonds. The number of hydrogen-bond donors (Lipinski definition) is 1. The minimum atomic E-state index is -0.683. The molecule has 2 aliphatic rings. The minimum absolute atomic E-state index is 0.0808. The third kappa shape index (κ3) is 2.95.